The molecule has 2 N–H and O–H groups in total. The lowest BCUT2D eigenvalue weighted by molar-refractivity contribution is 0.0600. The number of amides is 1. The first kappa shape index (κ1) is 16.7. The largest absolute Gasteiger partial charge is 0.465 e. The molecule has 0 aliphatic carbocycles. The molecule has 25 heavy (non-hydrogen) atoms. The molecule has 1 heterocycles. The van der Waals surface area contributed by atoms with Crippen LogP contribution in [-0.2, 0) is 4.74 Å². The van der Waals surface area contributed by atoms with E-state index in [1.54, 1.807) is 36.4 Å². The van der Waals surface area contributed by atoms with E-state index in [1.165, 1.54) is 13.2 Å². The van der Waals surface area contributed by atoms with Gasteiger partial charge in [0, 0.05) is 16.3 Å². The molecule has 0 saturated heterocycles. The van der Waals surface area contributed by atoms with Crippen LogP contribution in [0.2, 0.25) is 5.02 Å². The summed E-state index contributed by atoms with van der Waals surface area (Å²) in [7, 11) is 1.30. The van der Waals surface area contributed by atoms with E-state index in [-0.39, 0.29) is 5.91 Å². The van der Waals surface area contributed by atoms with Crippen molar-refractivity contribution < 1.29 is 14.3 Å². The molecule has 3 rings (SSSR count). The number of aromatic nitrogens is 2. The molecule has 7 heteroatoms. The van der Waals surface area contributed by atoms with Crippen LogP contribution in [0.15, 0.2) is 54.6 Å². The predicted octanol–water partition coefficient (Wildman–Crippen LogP) is 3.77. The summed E-state index contributed by atoms with van der Waals surface area (Å²) in [6.07, 6.45) is 0. The van der Waals surface area contributed by atoms with E-state index in [9.17, 15) is 9.59 Å². The first-order valence-corrected chi connectivity index (χ1v) is 7.75. The minimum atomic E-state index is -0.471. The Kier molecular flexibility index (Phi) is 4.81. The smallest absolute Gasteiger partial charge is 0.337 e. The Morgan fingerprint density at radius 3 is 2.68 bits per heavy atom. The average molecular weight is 356 g/mol. The summed E-state index contributed by atoms with van der Waals surface area (Å²) in [4.78, 5) is 23.9. The number of hydrogen-bond donors (Lipinski definition) is 2. The van der Waals surface area contributed by atoms with Crippen LogP contribution < -0.4 is 5.32 Å². The van der Waals surface area contributed by atoms with Crippen LogP contribution in [-0.4, -0.2) is 29.2 Å². The fraction of sp³-hybridized carbons (Fsp3) is 0.0556. The molecule has 2 aromatic carbocycles. The summed E-state index contributed by atoms with van der Waals surface area (Å²) in [5.74, 6) is -0.844. The second-order valence-electron chi connectivity index (χ2n) is 5.20. The lowest BCUT2D eigenvalue weighted by Crippen LogP contribution is -2.13. The maximum atomic E-state index is 12.4. The number of methoxy groups -OCH3 is 1. The molecule has 6 nitrogen and oxygen atoms in total. The second-order valence-corrected chi connectivity index (χ2v) is 5.64. The number of esters is 1. The minimum Gasteiger partial charge on any atom is -0.465 e. The third kappa shape index (κ3) is 3.87. The molecular formula is C18H14ClN3O3. The van der Waals surface area contributed by atoms with Gasteiger partial charge in [-0.3, -0.25) is 9.89 Å². The lowest BCUT2D eigenvalue weighted by Gasteiger charge is -2.05. The van der Waals surface area contributed by atoms with Crippen LogP contribution in [0.25, 0.3) is 11.3 Å². The van der Waals surface area contributed by atoms with Crippen molar-refractivity contribution in [2.24, 2.45) is 0 Å². The van der Waals surface area contributed by atoms with Crippen molar-refractivity contribution >= 4 is 29.2 Å². The zero-order valence-electron chi connectivity index (χ0n) is 13.2. The van der Waals surface area contributed by atoms with Gasteiger partial charge in [0.1, 0.15) is 5.69 Å². The molecule has 0 aliphatic heterocycles. The molecule has 0 saturated carbocycles. The Bertz CT molecular complexity index is 937. The number of hydrogen-bond acceptors (Lipinski definition) is 4. The molecule has 126 valence electrons. The fourth-order valence-corrected chi connectivity index (χ4v) is 2.46. The van der Waals surface area contributed by atoms with Crippen molar-refractivity contribution in [3.63, 3.8) is 0 Å². The number of aromatic amines is 1. The highest BCUT2D eigenvalue weighted by atomic mass is 35.5. The first-order chi connectivity index (χ1) is 12.1. The van der Waals surface area contributed by atoms with E-state index in [4.69, 9.17) is 11.6 Å². The molecule has 0 atom stereocenters. The Balaban J connectivity index is 1.77. The number of rotatable bonds is 4. The monoisotopic (exact) mass is 355 g/mol. The number of nitrogens with one attached hydrogen (secondary N) is 2. The summed E-state index contributed by atoms with van der Waals surface area (Å²) in [6, 6.07) is 15.3. The van der Waals surface area contributed by atoms with Crippen LogP contribution >= 0.6 is 11.6 Å². The Morgan fingerprint density at radius 2 is 1.92 bits per heavy atom. The molecule has 1 aromatic heterocycles. The molecule has 0 unspecified atom stereocenters. The van der Waals surface area contributed by atoms with E-state index in [2.05, 4.69) is 20.3 Å². The van der Waals surface area contributed by atoms with Gasteiger partial charge >= 0.3 is 5.97 Å². The molecular weight excluding hydrogens is 342 g/mol. The summed E-state index contributed by atoms with van der Waals surface area (Å²) >= 11 is 5.97. The lowest BCUT2D eigenvalue weighted by atomic mass is 10.1. The fourth-order valence-electron chi connectivity index (χ4n) is 2.27. The number of nitrogens with zero attached hydrogens (tertiary/aromatic N) is 1. The first-order valence-electron chi connectivity index (χ1n) is 7.38. The maximum absolute atomic E-state index is 12.4. The van der Waals surface area contributed by atoms with E-state index in [1.807, 2.05) is 12.1 Å². The van der Waals surface area contributed by atoms with Crippen molar-refractivity contribution in [2.45, 2.75) is 0 Å². The highest BCUT2D eigenvalue weighted by Gasteiger charge is 2.13. The van der Waals surface area contributed by atoms with Crippen LogP contribution in [0.4, 0.5) is 5.69 Å². The SMILES string of the molecule is COC(=O)c1cccc(NC(=O)c2cc(-c3cccc(Cl)c3)n[nH]2)c1. The third-order valence-electron chi connectivity index (χ3n) is 3.48. The third-order valence-corrected chi connectivity index (χ3v) is 3.72. The van der Waals surface area contributed by atoms with Gasteiger partial charge in [-0.2, -0.15) is 5.10 Å². The molecule has 0 bridgehead atoms. The summed E-state index contributed by atoms with van der Waals surface area (Å²) in [5, 5.41) is 10.1. The van der Waals surface area contributed by atoms with Gasteiger partial charge < -0.3 is 10.1 Å². The van der Waals surface area contributed by atoms with Gasteiger partial charge in [-0.15, -0.1) is 0 Å². The van der Waals surface area contributed by atoms with E-state index < -0.39 is 5.97 Å². The zero-order chi connectivity index (χ0) is 17.8. The number of benzene rings is 2. The number of ether oxygens (including phenoxy) is 1. The minimum absolute atomic E-state index is 0.290. The average Bonchev–Trinajstić information content (AvgIpc) is 3.11. The van der Waals surface area contributed by atoms with Gasteiger partial charge in [-0.05, 0) is 36.4 Å². The topological polar surface area (TPSA) is 84.1 Å². The van der Waals surface area contributed by atoms with Gasteiger partial charge in [0.25, 0.3) is 5.91 Å². The number of carbonyl (C=O) groups excluding carboxylic acids is 2. The number of H-pyrrole nitrogens is 1. The van der Waals surface area contributed by atoms with Crippen LogP contribution in [0.1, 0.15) is 20.8 Å². The van der Waals surface area contributed by atoms with Crippen molar-refractivity contribution in [1.82, 2.24) is 10.2 Å². The van der Waals surface area contributed by atoms with Gasteiger partial charge in [0.05, 0.1) is 18.4 Å². The molecule has 1 amide bonds. The molecule has 0 spiro atoms. The van der Waals surface area contributed by atoms with E-state index in [0.29, 0.717) is 27.7 Å². The second kappa shape index (κ2) is 7.19. The van der Waals surface area contributed by atoms with E-state index in [0.717, 1.165) is 5.56 Å². The van der Waals surface area contributed by atoms with Crippen molar-refractivity contribution in [3.05, 3.63) is 70.9 Å². The van der Waals surface area contributed by atoms with Crippen LogP contribution in [0.3, 0.4) is 0 Å². The Morgan fingerprint density at radius 1 is 1.12 bits per heavy atom. The van der Waals surface area contributed by atoms with Gasteiger partial charge in [-0.1, -0.05) is 29.8 Å². The highest BCUT2D eigenvalue weighted by molar-refractivity contribution is 6.30. The Hall–Kier alpha value is -3.12. The highest BCUT2D eigenvalue weighted by Crippen LogP contribution is 2.22. The summed E-state index contributed by atoms with van der Waals surface area (Å²) in [5.41, 5.74) is 2.53. The molecule has 0 aliphatic rings. The Labute approximate surface area is 148 Å². The summed E-state index contributed by atoms with van der Waals surface area (Å²) in [6.45, 7) is 0. The maximum Gasteiger partial charge on any atom is 0.337 e. The van der Waals surface area contributed by atoms with Crippen molar-refractivity contribution in [2.75, 3.05) is 12.4 Å². The quantitative estimate of drug-likeness (QED) is 0.698. The normalized spacial score (nSPS) is 10.3. The molecule has 0 radical (unpaired) electrons. The van der Waals surface area contributed by atoms with Gasteiger partial charge in [0.2, 0.25) is 0 Å². The number of halogens is 1. The summed E-state index contributed by atoms with van der Waals surface area (Å²) < 4.78 is 4.66. The molecule has 3 aromatic rings. The van der Waals surface area contributed by atoms with E-state index >= 15 is 0 Å². The van der Waals surface area contributed by atoms with Gasteiger partial charge in [0.15, 0.2) is 0 Å². The van der Waals surface area contributed by atoms with Gasteiger partial charge in [-0.25, -0.2) is 4.79 Å². The number of anilines is 1. The number of carbonyl (C=O) groups is 2. The predicted molar refractivity (Wildman–Crippen MR) is 94.8 cm³/mol. The molecule has 0 fully saturated rings. The zero-order valence-corrected chi connectivity index (χ0v) is 14.0. The van der Waals surface area contributed by atoms with Crippen LogP contribution in [0, 0.1) is 0 Å². The van der Waals surface area contributed by atoms with Crippen molar-refractivity contribution in [3.8, 4) is 11.3 Å². The van der Waals surface area contributed by atoms with Crippen LogP contribution in [0.5, 0.6) is 0 Å². The standard InChI is InChI=1S/C18H14ClN3O3/c1-25-18(24)12-5-3-7-14(9-12)20-17(23)16-10-15(21-22-16)11-4-2-6-13(19)8-11/h2-10H,1H3,(H,20,23)(H,21,22). The van der Waals surface area contributed by atoms with Crippen molar-refractivity contribution in [1.29, 1.82) is 0 Å².